The lowest BCUT2D eigenvalue weighted by Gasteiger charge is -2.17. The van der Waals surface area contributed by atoms with Crippen molar-refractivity contribution in [2.75, 3.05) is 20.2 Å². The Bertz CT molecular complexity index is 1550. The number of fused-ring (bicyclic) bond motifs is 2. The van der Waals surface area contributed by atoms with Crippen LogP contribution in [0.25, 0.3) is 15.9 Å². The maximum atomic E-state index is 13.5. The molecule has 0 aliphatic carbocycles. The Labute approximate surface area is 199 Å². The molecule has 0 atom stereocenters. The van der Waals surface area contributed by atoms with Gasteiger partial charge in [-0.25, -0.2) is 4.98 Å². The fourth-order valence-electron chi connectivity index (χ4n) is 4.36. The summed E-state index contributed by atoms with van der Waals surface area (Å²) in [4.78, 5) is 48.4. The molecule has 1 N–H and O–H groups in total. The van der Waals surface area contributed by atoms with E-state index in [1.807, 2.05) is 13.8 Å². The highest BCUT2D eigenvalue weighted by molar-refractivity contribution is 7.18. The second kappa shape index (κ2) is 8.25. The third-order valence-electron chi connectivity index (χ3n) is 6.38. The Morgan fingerprint density at radius 2 is 1.85 bits per heavy atom. The molecule has 1 saturated heterocycles. The molecule has 0 unspecified atom stereocenters. The zero-order valence-electron chi connectivity index (χ0n) is 19.0. The Morgan fingerprint density at radius 1 is 1.12 bits per heavy atom. The molecule has 5 rings (SSSR count). The number of ketones is 1. The molecule has 1 fully saturated rings. The van der Waals surface area contributed by atoms with Gasteiger partial charge in [-0.1, -0.05) is 0 Å². The number of rotatable bonds is 4. The number of aromatic nitrogens is 2. The Hall–Kier alpha value is -3.72. The second-order valence-corrected chi connectivity index (χ2v) is 9.63. The zero-order chi connectivity index (χ0) is 24.1. The molecule has 174 valence electrons. The van der Waals surface area contributed by atoms with Crippen LogP contribution in [0, 0.1) is 13.8 Å². The number of aromatic hydroxyl groups is 1. The molecular formula is C25H23N3O5S. The molecular weight excluding hydrogens is 454 g/mol. The van der Waals surface area contributed by atoms with Crippen LogP contribution in [0.4, 0.5) is 0 Å². The monoisotopic (exact) mass is 477 g/mol. The van der Waals surface area contributed by atoms with Crippen molar-refractivity contribution in [1.29, 1.82) is 0 Å². The lowest BCUT2D eigenvalue weighted by atomic mass is 10.0. The van der Waals surface area contributed by atoms with E-state index in [2.05, 4.69) is 4.98 Å². The summed E-state index contributed by atoms with van der Waals surface area (Å²) in [7, 11) is 1.46. The predicted octanol–water partition coefficient (Wildman–Crippen LogP) is 3.71. The average molecular weight is 478 g/mol. The number of benzene rings is 1. The van der Waals surface area contributed by atoms with Crippen molar-refractivity contribution in [3.63, 3.8) is 0 Å². The standard InChI is InChI=1S/C25H23N3O5S/c1-13-14(2)34-23-20(13)25(32)28-12-15(21(30)17-11-16(33-3)6-7-19(17)29)10-18(22(28)26-23)24(31)27-8-4-5-9-27/h6-7,10-12,29H,4-5,8-9H2,1-3H3. The topological polar surface area (TPSA) is 101 Å². The third kappa shape index (κ3) is 3.43. The molecule has 34 heavy (non-hydrogen) atoms. The van der Waals surface area contributed by atoms with Crippen LogP contribution < -0.4 is 10.3 Å². The highest BCUT2D eigenvalue weighted by Gasteiger charge is 2.26. The number of aryl methyl sites for hydroxylation is 2. The molecule has 1 aromatic carbocycles. The van der Waals surface area contributed by atoms with Crippen LogP contribution in [0.1, 0.15) is 49.6 Å². The Morgan fingerprint density at radius 3 is 2.56 bits per heavy atom. The van der Waals surface area contributed by atoms with Crippen molar-refractivity contribution in [2.45, 2.75) is 26.7 Å². The number of nitrogens with zero attached hydrogens (tertiary/aromatic N) is 3. The van der Waals surface area contributed by atoms with Crippen molar-refractivity contribution < 1.29 is 19.4 Å². The van der Waals surface area contributed by atoms with Gasteiger partial charge in [-0.3, -0.25) is 18.8 Å². The summed E-state index contributed by atoms with van der Waals surface area (Å²) in [5, 5.41) is 10.8. The van der Waals surface area contributed by atoms with Gasteiger partial charge >= 0.3 is 0 Å². The van der Waals surface area contributed by atoms with E-state index in [1.165, 1.54) is 47.2 Å². The first-order valence-corrected chi connectivity index (χ1v) is 11.8. The highest BCUT2D eigenvalue weighted by atomic mass is 32.1. The lowest BCUT2D eigenvalue weighted by Crippen LogP contribution is -2.30. The number of carbonyl (C=O) groups excluding carboxylic acids is 2. The number of phenols is 1. The summed E-state index contributed by atoms with van der Waals surface area (Å²) >= 11 is 1.41. The van der Waals surface area contributed by atoms with E-state index >= 15 is 0 Å². The Balaban J connectivity index is 1.79. The lowest BCUT2D eigenvalue weighted by molar-refractivity contribution is 0.0794. The summed E-state index contributed by atoms with van der Waals surface area (Å²) in [5.74, 6) is -0.612. The molecule has 1 aliphatic heterocycles. The van der Waals surface area contributed by atoms with Gasteiger partial charge in [0.1, 0.15) is 16.3 Å². The summed E-state index contributed by atoms with van der Waals surface area (Å²) in [6, 6.07) is 5.82. The minimum absolute atomic E-state index is 0.0166. The Kier molecular flexibility index (Phi) is 5.36. The average Bonchev–Trinajstić information content (AvgIpc) is 3.47. The number of hydrogen-bond acceptors (Lipinski definition) is 7. The normalized spacial score (nSPS) is 13.7. The fourth-order valence-corrected chi connectivity index (χ4v) is 5.38. The van der Waals surface area contributed by atoms with Gasteiger partial charge in [0.15, 0.2) is 11.4 Å². The largest absolute Gasteiger partial charge is 0.507 e. The van der Waals surface area contributed by atoms with Crippen LogP contribution in [0.15, 0.2) is 35.3 Å². The van der Waals surface area contributed by atoms with Gasteiger partial charge in [0.25, 0.3) is 11.5 Å². The van der Waals surface area contributed by atoms with Crippen molar-refractivity contribution in [1.82, 2.24) is 14.3 Å². The molecule has 0 bridgehead atoms. The van der Waals surface area contributed by atoms with E-state index in [9.17, 15) is 19.5 Å². The van der Waals surface area contributed by atoms with E-state index in [0.29, 0.717) is 29.1 Å². The molecule has 0 spiro atoms. The minimum Gasteiger partial charge on any atom is -0.507 e. The van der Waals surface area contributed by atoms with E-state index in [1.54, 1.807) is 11.0 Å². The first kappa shape index (κ1) is 22.1. The number of methoxy groups -OCH3 is 1. The van der Waals surface area contributed by atoms with E-state index in [4.69, 9.17) is 4.74 Å². The zero-order valence-corrected chi connectivity index (χ0v) is 19.9. The van der Waals surface area contributed by atoms with Gasteiger partial charge in [-0.2, -0.15) is 0 Å². The second-order valence-electron chi connectivity index (χ2n) is 8.43. The molecule has 0 radical (unpaired) electrons. The first-order valence-electron chi connectivity index (χ1n) is 11.0. The first-order chi connectivity index (χ1) is 16.3. The number of likely N-dealkylation sites (tertiary alicyclic amines) is 1. The molecule has 1 amide bonds. The number of phenolic OH excluding ortho intramolecular Hbond substituents is 1. The molecule has 9 heteroatoms. The molecule has 0 saturated carbocycles. The number of ether oxygens (including phenoxy) is 1. The van der Waals surface area contributed by atoms with Gasteiger partial charge in [-0.15, -0.1) is 11.3 Å². The third-order valence-corrected chi connectivity index (χ3v) is 7.48. The van der Waals surface area contributed by atoms with Crippen molar-refractivity contribution >= 4 is 38.9 Å². The summed E-state index contributed by atoms with van der Waals surface area (Å²) in [6.45, 7) is 5.02. The fraction of sp³-hybridized carbons (Fsp3) is 0.280. The smallest absolute Gasteiger partial charge is 0.266 e. The van der Waals surface area contributed by atoms with Gasteiger partial charge in [0.2, 0.25) is 0 Å². The van der Waals surface area contributed by atoms with Crippen molar-refractivity contribution in [3.8, 4) is 11.5 Å². The maximum Gasteiger partial charge on any atom is 0.266 e. The van der Waals surface area contributed by atoms with Gasteiger partial charge in [0.05, 0.1) is 23.6 Å². The molecule has 8 nitrogen and oxygen atoms in total. The van der Waals surface area contributed by atoms with Crippen molar-refractivity contribution in [2.24, 2.45) is 0 Å². The number of carbonyl (C=O) groups is 2. The van der Waals surface area contributed by atoms with Crippen LogP contribution in [0.2, 0.25) is 0 Å². The van der Waals surface area contributed by atoms with E-state index in [-0.39, 0.29) is 39.6 Å². The molecule has 4 aromatic rings. The van der Waals surface area contributed by atoms with Gasteiger partial charge in [-0.05, 0) is 56.5 Å². The molecule has 3 aromatic heterocycles. The SMILES string of the molecule is COc1ccc(O)c(C(=O)c2cc(C(=O)N3CCCC3)c3nc4sc(C)c(C)c4c(=O)n3c2)c1. The summed E-state index contributed by atoms with van der Waals surface area (Å²) in [6.07, 6.45) is 3.21. The van der Waals surface area contributed by atoms with E-state index in [0.717, 1.165) is 23.3 Å². The molecule has 4 heterocycles. The maximum absolute atomic E-state index is 13.5. The number of pyridine rings is 1. The predicted molar refractivity (Wildman–Crippen MR) is 130 cm³/mol. The van der Waals surface area contributed by atoms with Crippen LogP contribution in [0.3, 0.4) is 0 Å². The summed E-state index contributed by atoms with van der Waals surface area (Å²) in [5.41, 5.74) is 1.04. The number of hydrogen-bond donors (Lipinski definition) is 1. The van der Waals surface area contributed by atoms with Crippen LogP contribution >= 0.6 is 11.3 Å². The summed E-state index contributed by atoms with van der Waals surface area (Å²) < 4.78 is 6.48. The number of thiophene rings is 1. The van der Waals surface area contributed by atoms with Crippen molar-refractivity contribution in [3.05, 3.63) is 67.9 Å². The quantitative estimate of drug-likeness (QED) is 0.450. The van der Waals surface area contributed by atoms with Crippen LogP contribution in [0.5, 0.6) is 11.5 Å². The van der Waals surface area contributed by atoms with Gasteiger partial charge in [0, 0.05) is 29.7 Å². The van der Waals surface area contributed by atoms with Gasteiger partial charge < -0.3 is 14.7 Å². The van der Waals surface area contributed by atoms with E-state index < -0.39 is 5.78 Å². The molecule has 1 aliphatic rings. The van der Waals surface area contributed by atoms with Crippen LogP contribution in [-0.2, 0) is 0 Å². The van der Waals surface area contributed by atoms with Crippen LogP contribution in [-0.4, -0.2) is 51.3 Å². The highest BCUT2D eigenvalue weighted by Crippen LogP contribution is 2.29. The minimum atomic E-state index is -0.529. The number of amides is 1.